The number of ether oxygens (including phenoxy) is 1. The van der Waals surface area contributed by atoms with Gasteiger partial charge in [-0.05, 0) is 68.2 Å². The fourth-order valence-corrected chi connectivity index (χ4v) is 4.92. The SMILES string of the molecule is CC(C)OC(=O)c1c(NC(=O)/C=C/c2ccc(C(C)C)cc2)sc2c1CCCCC2. The number of aryl methyl sites for hydroxylation is 1. The van der Waals surface area contributed by atoms with Gasteiger partial charge >= 0.3 is 5.97 Å². The zero-order valence-corrected chi connectivity index (χ0v) is 19.1. The molecule has 1 aliphatic rings. The number of carbonyl (C=O) groups excluding carboxylic acids is 2. The van der Waals surface area contributed by atoms with Crippen LogP contribution in [0.4, 0.5) is 5.00 Å². The third-order valence-electron chi connectivity index (χ3n) is 5.24. The third-order valence-corrected chi connectivity index (χ3v) is 6.44. The van der Waals surface area contributed by atoms with Crippen molar-refractivity contribution in [1.82, 2.24) is 0 Å². The Morgan fingerprint density at radius 3 is 2.40 bits per heavy atom. The molecule has 2 aromatic rings. The van der Waals surface area contributed by atoms with Crippen molar-refractivity contribution < 1.29 is 14.3 Å². The van der Waals surface area contributed by atoms with E-state index in [0.717, 1.165) is 36.8 Å². The quantitative estimate of drug-likeness (QED) is 0.333. The average Bonchev–Trinajstić information content (AvgIpc) is 2.86. The van der Waals surface area contributed by atoms with E-state index in [1.165, 1.54) is 34.3 Å². The Morgan fingerprint density at radius 1 is 1.03 bits per heavy atom. The standard InChI is InChI=1S/C25H31NO3S/c1-16(2)19-13-10-18(11-14-19)12-15-22(27)26-24-23(25(28)29-17(3)4)20-8-6-5-7-9-21(20)30-24/h10-17H,5-9H2,1-4H3,(H,26,27)/b15-12+. The molecule has 0 bridgehead atoms. The van der Waals surface area contributed by atoms with Crippen molar-refractivity contribution in [3.05, 3.63) is 57.5 Å². The molecule has 5 heteroatoms. The second kappa shape index (κ2) is 10.1. The predicted octanol–water partition coefficient (Wildman–Crippen LogP) is 6.36. The number of thiophene rings is 1. The number of fused-ring (bicyclic) bond motifs is 1. The molecule has 1 N–H and O–H groups in total. The van der Waals surface area contributed by atoms with Gasteiger partial charge in [0.15, 0.2) is 0 Å². The van der Waals surface area contributed by atoms with E-state index in [0.29, 0.717) is 16.5 Å². The monoisotopic (exact) mass is 425 g/mol. The summed E-state index contributed by atoms with van der Waals surface area (Å²) in [5, 5.41) is 3.54. The second-order valence-electron chi connectivity index (χ2n) is 8.37. The zero-order valence-electron chi connectivity index (χ0n) is 18.3. The van der Waals surface area contributed by atoms with Gasteiger partial charge in [0.25, 0.3) is 0 Å². The average molecular weight is 426 g/mol. The van der Waals surface area contributed by atoms with Crippen LogP contribution in [0.1, 0.15) is 84.8 Å². The number of benzene rings is 1. The highest BCUT2D eigenvalue weighted by molar-refractivity contribution is 7.17. The minimum absolute atomic E-state index is 0.198. The lowest BCUT2D eigenvalue weighted by atomic mass is 10.0. The highest BCUT2D eigenvalue weighted by Crippen LogP contribution is 2.38. The minimum Gasteiger partial charge on any atom is -0.459 e. The van der Waals surface area contributed by atoms with E-state index in [-0.39, 0.29) is 18.0 Å². The van der Waals surface area contributed by atoms with Crippen LogP contribution in [0, 0.1) is 0 Å². The lowest BCUT2D eigenvalue weighted by Crippen LogP contribution is -2.16. The Kier molecular flexibility index (Phi) is 7.48. The van der Waals surface area contributed by atoms with E-state index >= 15 is 0 Å². The van der Waals surface area contributed by atoms with Crippen LogP contribution in [0.5, 0.6) is 0 Å². The molecule has 1 aliphatic carbocycles. The van der Waals surface area contributed by atoms with Crippen LogP contribution in [-0.2, 0) is 22.4 Å². The molecule has 0 fully saturated rings. The Balaban J connectivity index is 1.79. The molecular weight excluding hydrogens is 394 g/mol. The Bertz CT molecular complexity index is 923. The van der Waals surface area contributed by atoms with E-state index in [4.69, 9.17) is 4.74 Å². The van der Waals surface area contributed by atoms with Gasteiger partial charge in [0.1, 0.15) is 5.00 Å². The number of anilines is 1. The van der Waals surface area contributed by atoms with Gasteiger partial charge in [0, 0.05) is 11.0 Å². The number of carbonyl (C=O) groups is 2. The Labute approximate surface area is 183 Å². The number of hydrogen-bond acceptors (Lipinski definition) is 4. The first-order valence-corrected chi connectivity index (χ1v) is 11.6. The first-order valence-electron chi connectivity index (χ1n) is 10.8. The van der Waals surface area contributed by atoms with Gasteiger partial charge < -0.3 is 10.1 Å². The fraction of sp³-hybridized carbons (Fsp3) is 0.440. The molecule has 0 spiro atoms. The molecule has 0 aliphatic heterocycles. The summed E-state index contributed by atoms with van der Waals surface area (Å²) in [6.45, 7) is 7.99. The van der Waals surface area contributed by atoms with Crippen LogP contribution >= 0.6 is 11.3 Å². The number of rotatable bonds is 6. The van der Waals surface area contributed by atoms with Gasteiger partial charge in [-0.15, -0.1) is 11.3 Å². The van der Waals surface area contributed by atoms with Gasteiger partial charge in [-0.1, -0.05) is 44.5 Å². The lowest BCUT2D eigenvalue weighted by molar-refractivity contribution is -0.111. The molecule has 0 atom stereocenters. The second-order valence-corrected chi connectivity index (χ2v) is 9.47. The Hall–Kier alpha value is -2.40. The van der Waals surface area contributed by atoms with Gasteiger partial charge in [-0.3, -0.25) is 4.79 Å². The first kappa shape index (κ1) is 22.3. The van der Waals surface area contributed by atoms with Gasteiger partial charge in [-0.2, -0.15) is 0 Å². The summed E-state index contributed by atoms with van der Waals surface area (Å²) in [7, 11) is 0. The van der Waals surface area contributed by atoms with E-state index in [2.05, 4.69) is 31.3 Å². The van der Waals surface area contributed by atoms with Gasteiger partial charge in [0.05, 0.1) is 11.7 Å². The number of hydrogen-bond donors (Lipinski definition) is 1. The molecular formula is C25H31NO3S. The molecule has 1 heterocycles. The summed E-state index contributed by atoms with van der Waals surface area (Å²) < 4.78 is 5.48. The van der Waals surface area contributed by atoms with Crippen molar-refractivity contribution in [2.24, 2.45) is 0 Å². The summed E-state index contributed by atoms with van der Waals surface area (Å²) in [5.41, 5.74) is 3.85. The van der Waals surface area contributed by atoms with Crippen molar-refractivity contribution >= 4 is 34.3 Å². The largest absolute Gasteiger partial charge is 0.459 e. The molecule has 4 nitrogen and oxygen atoms in total. The maximum atomic E-state index is 12.8. The van der Waals surface area contributed by atoms with Gasteiger partial charge in [-0.25, -0.2) is 4.79 Å². The lowest BCUT2D eigenvalue weighted by Gasteiger charge is -2.11. The van der Waals surface area contributed by atoms with Crippen LogP contribution in [0.25, 0.3) is 6.08 Å². The smallest absolute Gasteiger partial charge is 0.341 e. The highest BCUT2D eigenvalue weighted by atomic mass is 32.1. The van der Waals surface area contributed by atoms with Crippen molar-refractivity contribution in [3.8, 4) is 0 Å². The van der Waals surface area contributed by atoms with Crippen LogP contribution in [0.15, 0.2) is 30.3 Å². The van der Waals surface area contributed by atoms with E-state index in [9.17, 15) is 9.59 Å². The number of esters is 1. The van der Waals surface area contributed by atoms with Crippen molar-refractivity contribution in [2.45, 2.75) is 71.8 Å². The van der Waals surface area contributed by atoms with Crippen molar-refractivity contribution in [2.75, 3.05) is 5.32 Å². The normalized spacial score (nSPS) is 14.1. The molecule has 0 saturated carbocycles. The third kappa shape index (κ3) is 5.60. The van der Waals surface area contributed by atoms with Crippen molar-refractivity contribution in [3.63, 3.8) is 0 Å². The number of nitrogens with one attached hydrogen (secondary N) is 1. The predicted molar refractivity (Wildman–Crippen MR) is 124 cm³/mol. The summed E-state index contributed by atoms with van der Waals surface area (Å²) in [6, 6.07) is 8.19. The van der Waals surface area contributed by atoms with Crippen LogP contribution in [-0.4, -0.2) is 18.0 Å². The van der Waals surface area contributed by atoms with Crippen molar-refractivity contribution in [1.29, 1.82) is 0 Å². The van der Waals surface area contributed by atoms with E-state index in [1.807, 2.05) is 26.0 Å². The van der Waals surface area contributed by atoms with Gasteiger partial charge in [0.2, 0.25) is 5.91 Å². The fourth-order valence-electron chi connectivity index (χ4n) is 3.64. The molecule has 0 radical (unpaired) electrons. The molecule has 1 aromatic carbocycles. The molecule has 3 rings (SSSR count). The van der Waals surface area contributed by atoms with E-state index < -0.39 is 0 Å². The van der Waals surface area contributed by atoms with Crippen LogP contribution in [0.3, 0.4) is 0 Å². The summed E-state index contributed by atoms with van der Waals surface area (Å²) in [5.74, 6) is -0.102. The van der Waals surface area contributed by atoms with E-state index in [1.54, 1.807) is 6.08 Å². The van der Waals surface area contributed by atoms with Crippen LogP contribution in [0.2, 0.25) is 0 Å². The maximum absolute atomic E-state index is 12.8. The first-order chi connectivity index (χ1) is 14.3. The Morgan fingerprint density at radius 2 is 1.73 bits per heavy atom. The maximum Gasteiger partial charge on any atom is 0.341 e. The summed E-state index contributed by atoms with van der Waals surface area (Å²) in [4.78, 5) is 26.6. The minimum atomic E-state index is -0.340. The molecule has 0 unspecified atom stereocenters. The molecule has 160 valence electrons. The molecule has 0 saturated heterocycles. The summed E-state index contributed by atoms with van der Waals surface area (Å²) >= 11 is 1.52. The molecule has 30 heavy (non-hydrogen) atoms. The summed E-state index contributed by atoms with van der Waals surface area (Å²) in [6.07, 6.45) is 8.28. The topological polar surface area (TPSA) is 55.4 Å². The highest BCUT2D eigenvalue weighted by Gasteiger charge is 2.27. The number of amides is 1. The molecule has 1 aromatic heterocycles. The molecule has 1 amide bonds. The van der Waals surface area contributed by atoms with Crippen LogP contribution < -0.4 is 5.32 Å². The zero-order chi connectivity index (χ0) is 21.7.